The summed E-state index contributed by atoms with van der Waals surface area (Å²) in [5.74, 6) is 0.857. The second-order valence-corrected chi connectivity index (χ2v) is 5.32. The van der Waals surface area contributed by atoms with Crippen molar-refractivity contribution in [2.45, 2.75) is 13.8 Å². The lowest BCUT2D eigenvalue weighted by Gasteiger charge is -2.09. The molecule has 0 aliphatic heterocycles. The number of rotatable bonds is 3. The predicted molar refractivity (Wildman–Crippen MR) is 81.8 cm³/mol. The monoisotopic (exact) mass is 269 g/mol. The Morgan fingerprint density at radius 1 is 1.11 bits per heavy atom. The summed E-state index contributed by atoms with van der Waals surface area (Å²) in [6, 6.07) is 10.4. The van der Waals surface area contributed by atoms with E-state index in [4.69, 9.17) is 0 Å². The molecule has 1 aromatic carbocycles. The summed E-state index contributed by atoms with van der Waals surface area (Å²) in [6.07, 6.45) is 0. The van der Waals surface area contributed by atoms with Crippen molar-refractivity contribution in [3.8, 4) is 10.6 Å². The molecule has 0 saturated heterocycles. The fourth-order valence-corrected chi connectivity index (χ4v) is 3.11. The normalized spacial score (nSPS) is 10.8. The van der Waals surface area contributed by atoms with Crippen LogP contribution >= 0.6 is 11.3 Å². The largest absolute Gasteiger partial charge is 0.368 e. The Labute approximate surface area is 116 Å². The molecule has 0 amide bonds. The van der Waals surface area contributed by atoms with E-state index in [-0.39, 0.29) is 0 Å². The molecule has 0 radical (unpaired) electrons. The quantitative estimate of drug-likeness (QED) is 0.778. The summed E-state index contributed by atoms with van der Waals surface area (Å²) in [5.41, 5.74) is 2.23. The SMILES string of the molecule is CCNc1nnc(-c2sccc2C)c2ccccc12. The molecule has 0 spiro atoms. The predicted octanol–water partition coefficient (Wildman–Crippen LogP) is 4.10. The van der Waals surface area contributed by atoms with Crippen LogP contribution in [-0.2, 0) is 0 Å². The molecule has 0 saturated carbocycles. The van der Waals surface area contributed by atoms with E-state index in [1.54, 1.807) is 11.3 Å². The third kappa shape index (κ3) is 2.08. The summed E-state index contributed by atoms with van der Waals surface area (Å²) < 4.78 is 0. The van der Waals surface area contributed by atoms with Crippen LogP contribution in [0.1, 0.15) is 12.5 Å². The molecule has 0 bridgehead atoms. The van der Waals surface area contributed by atoms with E-state index in [1.807, 2.05) is 12.1 Å². The van der Waals surface area contributed by atoms with Gasteiger partial charge in [-0.25, -0.2) is 0 Å². The van der Waals surface area contributed by atoms with Crippen molar-refractivity contribution in [1.29, 1.82) is 0 Å². The van der Waals surface area contributed by atoms with E-state index in [2.05, 4.69) is 52.9 Å². The molecule has 0 fully saturated rings. The van der Waals surface area contributed by atoms with Crippen LogP contribution in [0.4, 0.5) is 5.82 Å². The molecule has 3 rings (SSSR count). The standard InChI is InChI=1S/C15H15N3S/c1-3-16-15-12-7-5-4-6-11(12)13(17-18-15)14-10(2)8-9-19-14/h4-9H,3H2,1-2H3,(H,16,18). The van der Waals surface area contributed by atoms with Crippen LogP contribution in [0.15, 0.2) is 35.7 Å². The Kier molecular flexibility index (Phi) is 3.17. The summed E-state index contributed by atoms with van der Waals surface area (Å²) in [4.78, 5) is 1.20. The lowest BCUT2D eigenvalue weighted by Crippen LogP contribution is -2.02. The molecule has 0 unspecified atom stereocenters. The first-order valence-corrected chi connectivity index (χ1v) is 7.23. The first-order chi connectivity index (χ1) is 9.31. The second-order valence-electron chi connectivity index (χ2n) is 4.41. The molecule has 0 aliphatic rings. The number of aromatic nitrogens is 2. The molecular weight excluding hydrogens is 254 g/mol. The minimum Gasteiger partial charge on any atom is -0.368 e. The van der Waals surface area contributed by atoms with Crippen LogP contribution in [0, 0.1) is 6.92 Å². The van der Waals surface area contributed by atoms with Gasteiger partial charge in [0, 0.05) is 17.3 Å². The number of nitrogens with zero attached hydrogens (tertiary/aromatic N) is 2. The van der Waals surface area contributed by atoms with Gasteiger partial charge in [0.1, 0.15) is 5.69 Å². The van der Waals surface area contributed by atoms with Gasteiger partial charge >= 0.3 is 0 Å². The smallest absolute Gasteiger partial charge is 0.156 e. The van der Waals surface area contributed by atoms with Crippen molar-refractivity contribution >= 4 is 27.9 Å². The van der Waals surface area contributed by atoms with Gasteiger partial charge < -0.3 is 5.32 Å². The Morgan fingerprint density at radius 3 is 2.58 bits per heavy atom. The Morgan fingerprint density at radius 2 is 1.89 bits per heavy atom. The summed E-state index contributed by atoms with van der Waals surface area (Å²) in [7, 11) is 0. The number of aryl methyl sites for hydroxylation is 1. The molecule has 19 heavy (non-hydrogen) atoms. The number of nitrogens with one attached hydrogen (secondary N) is 1. The summed E-state index contributed by atoms with van der Waals surface area (Å²) in [5, 5.41) is 16.4. The third-order valence-electron chi connectivity index (χ3n) is 3.11. The first kappa shape index (κ1) is 12.1. The van der Waals surface area contributed by atoms with Crippen molar-refractivity contribution in [2.75, 3.05) is 11.9 Å². The molecule has 0 atom stereocenters. The lowest BCUT2D eigenvalue weighted by molar-refractivity contribution is 1.04. The van der Waals surface area contributed by atoms with Crippen LogP contribution in [0.25, 0.3) is 21.3 Å². The van der Waals surface area contributed by atoms with E-state index in [0.29, 0.717) is 0 Å². The van der Waals surface area contributed by atoms with Crippen molar-refractivity contribution in [3.05, 3.63) is 41.3 Å². The second kappa shape index (κ2) is 4.97. The maximum absolute atomic E-state index is 4.43. The molecule has 2 aromatic heterocycles. The van der Waals surface area contributed by atoms with Crippen LogP contribution < -0.4 is 5.32 Å². The maximum Gasteiger partial charge on any atom is 0.156 e. The molecule has 1 N–H and O–H groups in total. The highest BCUT2D eigenvalue weighted by Gasteiger charge is 2.12. The van der Waals surface area contributed by atoms with Crippen molar-refractivity contribution < 1.29 is 0 Å². The Balaban J connectivity index is 2.28. The first-order valence-electron chi connectivity index (χ1n) is 6.35. The Hall–Kier alpha value is -1.94. The number of hydrogen-bond donors (Lipinski definition) is 1. The van der Waals surface area contributed by atoms with Crippen LogP contribution in [0.2, 0.25) is 0 Å². The van der Waals surface area contributed by atoms with Gasteiger partial charge in [-0.2, -0.15) is 0 Å². The number of benzene rings is 1. The number of anilines is 1. The van der Waals surface area contributed by atoms with Crippen molar-refractivity contribution in [2.24, 2.45) is 0 Å². The highest BCUT2D eigenvalue weighted by molar-refractivity contribution is 7.13. The number of thiophene rings is 1. The number of fused-ring (bicyclic) bond motifs is 1. The molecule has 3 nitrogen and oxygen atoms in total. The van der Waals surface area contributed by atoms with Crippen LogP contribution in [0.5, 0.6) is 0 Å². The molecule has 3 aromatic rings. The van der Waals surface area contributed by atoms with E-state index < -0.39 is 0 Å². The minimum atomic E-state index is 0.843. The van der Waals surface area contributed by atoms with Gasteiger partial charge in [-0.15, -0.1) is 21.5 Å². The van der Waals surface area contributed by atoms with E-state index in [1.165, 1.54) is 10.4 Å². The zero-order valence-electron chi connectivity index (χ0n) is 11.0. The highest BCUT2D eigenvalue weighted by atomic mass is 32.1. The lowest BCUT2D eigenvalue weighted by atomic mass is 10.1. The van der Waals surface area contributed by atoms with Gasteiger partial charge in [-0.3, -0.25) is 0 Å². The summed E-state index contributed by atoms with van der Waals surface area (Å²) in [6.45, 7) is 5.02. The van der Waals surface area contributed by atoms with E-state index >= 15 is 0 Å². The van der Waals surface area contributed by atoms with Crippen LogP contribution in [0.3, 0.4) is 0 Å². The van der Waals surface area contributed by atoms with E-state index in [9.17, 15) is 0 Å². The van der Waals surface area contributed by atoms with Crippen molar-refractivity contribution in [1.82, 2.24) is 10.2 Å². The van der Waals surface area contributed by atoms with E-state index in [0.717, 1.165) is 28.8 Å². The van der Waals surface area contributed by atoms with Gasteiger partial charge in [0.15, 0.2) is 5.82 Å². The minimum absolute atomic E-state index is 0.843. The maximum atomic E-state index is 4.43. The molecule has 2 heterocycles. The van der Waals surface area contributed by atoms with Crippen LogP contribution in [-0.4, -0.2) is 16.7 Å². The molecule has 0 aliphatic carbocycles. The Bertz CT molecular complexity index is 718. The fraction of sp³-hybridized carbons (Fsp3) is 0.200. The van der Waals surface area contributed by atoms with Gasteiger partial charge in [-0.05, 0) is 30.9 Å². The molecule has 96 valence electrons. The average molecular weight is 269 g/mol. The average Bonchev–Trinajstić information content (AvgIpc) is 2.86. The van der Waals surface area contributed by atoms with Gasteiger partial charge in [0.05, 0.1) is 4.88 Å². The zero-order chi connectivity index (χ0) is 13.2. The molecular formula is C15H15N3S. The molecule has 4 heteroatoms. The fourth-order valence-electron chi connectivity index (χ4n) is 2.18. The number of hydrogen-bond acceptors (Lipinski definition) is 4. The topological polar surface area (TPSA) is 37.8 Å². The highest BCUT2D eigenvalue weighted by Crippen LogP contribution is 2.34. The van der Waals surface area contributed by atoms with Crippen molar-refractivity contribution in [3.63, 3.8) is 0 Å². The zero-order valence-corrected chi connectivity index (χ0v) is 11.8. The van der Waals surface area contributed by atoms with Gasteiger partial charge in [0.25, 0.3) is 0 Å². The summed E-state index contributed by atoms with van der Waals surface area (Å²) >= 11 is 1.71. The third-order valence-corrected chi connectivity index (χ3v) is 4.13. The van der Waals surface area contributed by atoms with Gasteiger partial charge in [0.2, 0.25) is 0 Å². The van der Waals surface area contributed by atoms with Gasteiger partial charge in [-0.1, -0.05) is 24.3 Å².